The van der Waals surface area contributed by atoms with Crippen LogP contribution in [0.1, 0.15) is 10.5 Å². The molecule has 8 heteroatoms. The molecule has 0 saturated carbocycles. The second-order valence-corrected chi connectivity index (χ2v) is 4.46. The minimum atomic E-state index is -4.54. The maximum atomic E-state index is 12.7. The molecule has 1 heterocycles. The highest BCUT2D eigenvalue weighted by Gasteiger charge is 2.34. The Morgan fingerprint density at radius 2 is 1.86 bits per heavy atom. The van der Waals surface area contributed by atoms with Gasteiger partial charge in [-0.05, 0) is 12.1 Å². The van der Waals surface area contributed by atoms with Crippen molar-refractivity contribution < 1.29 is 18.0 Å². The molecular formula is C13H9ClF3N3O. The Hall–Kier alpha value is -2.15. The van der Waals surface area contributed by atoms with Crippen LogP contribution in [0.4, 0.5) is 18.9 Å². The third kappa shape index (κ3) is 4.16. The maximum absolute atomic E-state index is 12.7. The smallest absolute Gasteiger partial charge is 0.298 e. The molecule has 1 amide bonds. The standard InChI is InChI=1S/C13H9ClF3N3O/c14-11-6-10(18-8-19-11)12(21)20(7-13(15,16)17)9-4-2-1-3-5-9/h1-6,8H,7H2. The first-order valence-corrected chi connectivity index (χ1v) is 6.16. The van der Waals surface area contributed by atoms with Crippen molar-refractivity contribution in [1.82, 2.24) is 9.97 Å². The Kier molecular flexibility index (Phi) is 4.42. The quantitative estimate of drug-likeness (QED) is 0.816. The van der Waals surface area contributed by atoms with Crippen molar-refractivity contribution in [2.45, 2.75) is 6.18 Å². The van der Waals surface area contributed by atoms with Crippen molar-refractivity contribution in [2.24, 2.45) is 0 Å². The summed E-state index contributed by atoms with van der Waals surface area (Å²) in [6.07, 6.45) is -3.52. The number of carbonyl (C=O) groups excluding carboxylic acids is 1. The first kappa shape index (κ1) is 15.2. The number of hydrogen-bond donors (Lipinski definition) is 0. The molecule has 0 unspecified atom stereocenters. The molecule has 1 aromatic heterocycles. The topological polar surface area (TPSA) is 46.1 Å². The normalized spacial score (nSPS) is 11.2. The second kappa shape index (κ2) is 6.09. The monoisotopic (exact) mass is 315 g/mol. The first-order valence-electron chi connectivity index (χ1n) is 5.78. The van der Waals surface area contributed by atoms with E-state index in [2.05, 4.69) is 9.97 Å². The van der Waals surface area contributed by atoms with Crippen LogP contribution in [0.2, 0.25) is 5.15 Å². The zero-order valence-electron chi connectivity index (χ0n) is 10.5. The molecule has 0 aliphatic heterocycles. The Morgan fingerprint density at radius 3 is 2.43 bits per heavy atom. The third-order valence-electron chi connectivity index (χ3n) is 2.50. The van der Waals surface area contributed by atoms with Gasteiger partial charge in [0.05, 0.1) is 0 Å². The molecule has 0 aliphatic rings. The molecule has 0 bridgehead atoms. The molecule has 110 valence electrons. The largest absolute Gasteiger partial charge is 0.406 e. The van der Waals surface area contributed by atoms with Gasteiger partial charge in [0.2, 0.25) is 0 Å². The van der Waals surface area contributed by atoms with Gasteiger partial charge in [0.25, 0.3) is 5.91 Å². The summed E-state index contributed by atoms with van der Waals surface area (Å²) >= 11 is 5.63. The fourth-order valence-corrected chi connectivity index (χ4v) is 1.80. The zero-order valence-corrected chi connectivity index (χ0v) is 11.3. The number of hydrogen-bond acceptors (Lipinski definition) is 3. The van der Waals surface area contributed by atoms with E-state index in [4.69, 9.17) is 11.6 Å². The zero-order chi connectivity index (χ0) is 15.5. The van der Waals surface area contributed by atoms with Gasteiger partial charge >= 0.3 is 6.18 Å². The Morgan fingerprint density at radius 1 is 1.19 bits per heavy atom. The van der Waals surface area contributed by atoms with Crippen LogP contribution in [0, 0.1) is 0 Å². The van der Waals surface area contributed by atoms with E-state index < -0.39 is 18.6 Å². The van der Waals surface area contributed by atoms with Crippen LogP contribution in [0.3, 0.4) is 0 Å². The van der Waals surface area contributed by atoms with Crippen molar-refractivity contribution in [3.8, 4) is 0 Å². The molecule has 4 nitrogen and oxygen atoms in total. The number of rotatable bonds is 3. The van der Waals surface area contributed by atoms with Crippen molar-refractivity contribution in [3.05, 3.63) is 53.6 Å². The third-order valence-corrected chi connectivity index (χ3v) is 2.71. The summed E-state index contributed by atoms with van der Waals surface area (Å²) < 4.78 is 38.1. The molecule has 0 saturated heterocycles. The van der Waals surface area contributed by atoms with E-state index in [1.165, 1.54) is 12.1 Å². The number of carbonyl (C=O) groups is 1. The lowest BCUT2D eigenvalue weighted by atomic mass is 10.2. The lowest BCUT2D eigenvalue weighted by Gasteiger charge is -2.23. The summed E-state index contributed by atoms with van der Waals surface area (Å²) in [5.41, 5.74) is -0.0855. The number of halogens is 4. The molecule has 0 radical (unpaired) electrons. The van der Waals surface area contributed by atoms with Gasteiger partial charge in [-0.1, -0.05) is 29.8 Å². The van der Waals surface area contributed by atoms with Crippen LogP contribution >= 0.6 is 11.6 Å². The molecule has 0 N–H and O–H groups in total. The summed E-state index contributed by atoms with van der Waals surface area (Å²) in [5, 5.41) is -0.0200. The molecule has 21 heavy (non-hydrogen) atoms. The molecule has 0 atom stereocenters. The van der Waals surface area contributed by atoms with Crippen LogP contribution in [0.25, 0.3) is 0 Å². The van der Waals surface area contributed by atoms with E-state index in [0.29, 0.717) is 4.90 Å². The van der Waals surface area contributed by atoms with E-state index in [-0.39, 0.29) is 16.5 Å². The highest BCUT2D eigenvalue weighted by atomic mass is 35.5. The van der Waals surface area contributed by atoms with Crippen molar-refractivity contribution in [3.63, 3.8) is 0 Å². The van der Waals surface area contributed by atoms with Crippen LogP contribution in [0.15, 0.2) is 42.7 Å². The fourth-order valence-electron chi connectivity index (χ4n) is 1.66. The highest BCUT2D eigenvalue weighted by molar-refractivity contribution is 6.29. The van der Waals surface area contributed by atoms with Gasteiger partial charge in [0.15, 0.2) is 0 Å². The van der Waals surface area contributed by atoms with E-state index in [9.17, 15) is 18.0 Å². The van der Waals surface area contributed by atoms with Crippen molar-refractivity contribution >= 4 is 23.2 Å². The van der Waals surface area contributed by atoms with Gasteiger partial charge in [-0.2, -0.15) is 13.2 Å². The van der Waals surface area contributed by atoms with E-state index >= 15 is 0 Å². The van der Waals surface area contributed by atoms with Crippen LogP contribution in [0.5, 0.6) is 0 Å². The Balaban J connectivity index is 2.38. The lowest BCUT2D eigenvalue weighted by Crippen LogP contribution is -2.39. The van der Waals surface area contributed by atoms with E-state index in [1.54, 1.807) is 18.2 Å². The van der Waals surface area contributed by atoms with Crippen molar-refractivity contribution in [1.29, 1.82) is 0 Å². The number of anilines is 1. The molecule has 1 aromatic carbocycles. The van der Waals surface area contributed by atoms with Gasteiger partial charge in [-0.25, -0.2) is 9.97 Å². The second-order valence-electron chi connectivity index (χ2n) is 4.07. The first-order chi connectivity index (χ1) is 9.87. The molecule has 2 rings (SSSR count). The van der Waals surface area contributed by atoms with Gasteiger partial charge in [-0.15, -0.1) is 0 Å². The van der Waals surface area contributed by atoms with Crippen molar-refractivity contribution in [2.75, 3.05) is 11.4 Å². The summed E-state index contributed by atoms with van der Waals surface area (Å²) in [6.45, 7) is -1.42. The number of para-hydroxylation sites is 1. The number of aromatic nitrogens is 2. The number of nitrogens with zero attached hydrogens (tertiary/aromatic N) is 3. The van der Waals surface area contributed by atoms with Gasteiger partial charge in [0.1, 0.15) is 23.7 Å². The highest BCUT2D eigenvalue weighted by Crippen LogP contribution is 2.23. The number of amides is 1. The minimum absolute atomic E-state index is 0.0200. The summed E-state index contributed by atoms with van der Waals surface area (Å²) in [4.78, 5) is 20.1. The number of benzene rings is 1. The van der Waals surface area contributed by atoms with Gasteiger partial charge in [-0.3, -0.25) is 9.69 Å². The van der Waals surface area contributed by atoms with Gasteiger partial charge < -0.3 is 0 Å². The maximum Gasteiger partial charge on any atom is 0.406 e. The number of alkyl halides is 3. The molecule has 2 aromatic rings. The predicted octanol–water partition coefficient (Wildman–Crippen LogP) is 3.34. The molecule has 0 aliphatic carbocycles. The summed E-state index contributed by atoms with van der Waals surface area (Å²) in [7, 11) is 0. The Bertz CT molecular complexity index is 634. The van der Waals surface area contributed by atoms with Gasteiger partial charge in [0, 0.05) is 11.8 Å². The minimum Gasteiger partial charge on any atom is -0.298 e. The van der Waals surface area contributed by atoms with Crippen LogP contribution < -0.4 is 4.90 Å². The Labute approximate surface area is 123 Å². The average molecular weight is 316 g/mol. The SMILES string of the molecule is O=C(c1cc(Cl)ncn1)N(CC(F)(F)F)c1ccccc1. The summed E-state index contributed by atoms with van der Waals surface area (Å²) in [5.74, 6) is -0.900. The predicted molar refractivity (Wildman–Crippen MR) is 71.2 cm³/mol. The molecular weight excluding hydrogens is 307 g/mol. The van der Waals surface area contributed by atoms with E-state index in [0.717, 1.165) is 12.4 Å². The lowest BCUT2D eigenvalue weighted by molar-refractivity contribution is -0.118. The summed E-state index contributed by atoms with van der Waals surface area (Å²) in [6, 6.07) is 8.66. The molecule has 0 fully saturated rings. The van der Waals surface area contributed by atoms with E-state index in [1.807, 2.05) is 0 Å². The molecule has 0 spiro atoms. The fraction of sp³-hybridized carbons (Fsp3) is 0.154. The average Bonchev–Trinajstić information content (AvgIpc) is 2.44. The van der Waals surface area contributed by atoms with Crippen LogP contribution in [-0.2, 0) is 0 Å². The van der Waals surface area contributed by atoms with Crippen LogP contribution in [-0.4, -0.2) is 28.6 Å².